The number of carbonyl (C=O) groups is 6. The fraction of sp³-hybridized carbons (Fsp3) is 0.667. The molecule has 5 aliphatic carbocycles. The summed E-state index contributed by atoms with van der Waals surface area (Å²) in [5, 5.41) is 53.3. The Hall–Kier alpha value is -3.82. The van der Waals surface area contributed by atoms with E-state index >= 15 is 14.4 Å². The fourth-order valence-electron chi connectivity index (χ4n) is 14.8. The van der Waals surface area contributed by atoms with Crippen LogP contribution < -0.4 is 5.32 Å². The van der Waals surface area contributed by atoms with Gasteiger partial charge in [0.2, 0.25) is 17.3 Å². The minimum atomic E-state index is -3.39. The topological polar surface area (TPSA) is 223 Å². The number of Topliss-reactive ketones (excluding diaryl/α,β-unsaturated/α-hetero) is 4. The average Bonchev–Trinajstić information content (AvgIpc) is 3.89. The van der Waals surface area contributed by atoms with Gasteiger partial charge in [-0.2, -0.15) is 0 Å². The molecule has 6 fully saturated rings. The van der Waals surface area contributed by atoms with E-state index in [0.29, 0.717) is 6.42 Å². The smallest absolute Gasteiger partial charge is 0.335 e. The van der Waals surface area contributed by atoms with E-state index in [0.717, 1.165) is 11.1 Å². The summed E-state index contributed by atoms with van der Waals surface area (Å²) in [6.07, 6.45) is -1.74. The van der Waals surface area contributed by atoms with Crippen LogP contribution >= 0.6 is 0 Å². The molecule has 0 aromatic rings. The second-order valence-electron chi connectivity index (χ2n) is 18.9. The van der Waals surface area contributed by atoms with Gasteiger partial charge in [0.1, 0.15) is 22.9 Å². The zero-order valence-electron chi connectivity index (χ0n) is 32.3. The molecule has 14 heteroatoms. The Bertz CT molecular complexity index is 2180. The summed E-state index contributed by atoms with van der Waals surface area (Å²) in [7, 11) is 0. The van der Waals surface area contributed by atoms with E-state index in [4.69, 9.17) is 14.2 Å². The molecule has 4 bridgehead atoms. The Kier molecular flexibility index (Phi) is 6.80. The molecule has 5 aliphatic heterocycles. The number of ether oxygens (including phenoxy) is 3. The number of esters is 1. The fourth-order valence-corrected chi connectivity index (χ4v) is 14.8. The van der Waals surface area contributed by atoms with E-state index in [2.05, 4.69) is 5.32 Å². The Morgan fingerprint density at radius 1 is 0.982 bits per heavy atom. The van der Waals surface area contributed by atoms with Crippen LogP contribution in [-0.2, 0) is 43.0 Å². The minimum Gasteiger partial charge on any atom is -0.504 e. The third-order valence-corrected chi connectivity index (χ3v) is 16.6. The van der Waals surface area contributed by atoms with Crippen LogP contribution in [0.2, 0.25) is 0 Å². The van der Waals surface area contributed by atoms with Gasteiger partial charge in [0.05, 0.1) is 41.3 Å². The highest BCUT2D eigenvalue weighted by atomic mass is 16.7. The number of amides is 1. The molecule has 0 radical (unpaired) electrons. The summed E-state index contributed by atoms with van der Waals surface area (Å²) in [5.41, 5.74) is -11.8. The molecule has 1 amide bonds. The molecule has 0 aromatic carbocycles. The quantitative estimate of drug-likeness (QED) is 0.152. The number of rotatable bonds is 2. The number of allylic oxidation sites excluding steroid dienone is 4. The lowest BCUT2D eigenvalue weighted by molar-refractivity contribution is -0.379. The van der Waals surface area contributed by atoms with Gasteiger partial charge in [-0.25, -0.2) is 4.79 Å². The first kappa shape index (κ1) is 36.5. The van der Waals surface area contributed by atoms with Gasteiger partial charge in [-0.3, -0.25) is 24.0 Å². The summed E-state index contributed by atoms with van der Waals surface area (Å²) in [6.45, 7) is 11.7. The number of hydrogen-bond acceptors (Lipinski definition) is 13. The van der Waals surface area contributed by atoms with E-state index in [1.54, 1.807) is 0 Å². The molecule has 3 spiro atoms. The van der Waals surface area contributed by atoms with Gasteiger partial charge >= 0.3 is 5.97 Å². The lowest BCUT2D eigenvalue weighted by atomic mass is 9.36. The predicted molar refractivity (Wildman–Crippen MR) is 189 cm³/mol. The van der Waals surface area contributed by atoms with Crippen LogP contribution in [0.15, 0.2) is 45.8 Å². The zero-order chi connectivity index (χ0) is 40.4. The van der Waals surface area contributed by atoms with Crippen molar-refractivity contribution in [3.63, 3.8) is 0 Å². The standard InChI is InChI=1S/C42H47NO13/c1-14(2)10-21-25-17(5)16(4)12-20-11-15(3)8-9-22(44)28-23-24(30(47)38(20,25)36(51)43-21)32-39-19(7)27(45)31(48)42(53,56-28)41(39,33(23)55-32)40(52)29(46)18(6)26-34(49)54-13-37(26,39)35(40)50/h11-12,14,17,20-25,28,32-33,44-45,52-53H,8-10,13H2,1-7H3,(H,43,51). The molecule has 10 rings (SSSR count). The summed E-state index contributed by atoms with van der Waals surface area (Å²) in [5.74, 6) is -14.8. The Morgan fingerprint density at radius 2 is 1.68 bits per heavy atom. The molecule has 1 saturated carbocycles. The number of carbonyl (C=O) groups excluding carboxylic acids is 6. The molecule has 10 aliphatic rings. The monoisotopic (exact) mass is 773 g/mol. The molecule has 5 saturated heterocycles. The third kappa shape index (κ3) is 3.15. The van der Waals surface area contributed by atoms with Crippen LogP contribution in [0.5, 0.6) is 0 Å². The highest BCUT2D eigenvalue weighted by Crippen LogP contribution is 2.89. The van der Waals surface area contributed by atoms with Gasteiger partial charge < -0.3 is 40.0 Å². The molecule has 56 heavy (non-hydrogen) atoms. The molecule has 16 unspecified atom stereocenters. The maximum absolute atomic E-state index is 16.5. The highest BCUT2D eigenvalue weighted by Gasteiger charge is 3.05. The SMILES string of the molecule is CC1=CC2C=C(C)C(C)C3C(CC(C)C)NC(=O)C23C(=O)C2C3C(OC4(O)C(=O)C(O)=C(C)C56C2OC3C45C2(O)C(=O)C(C)=C3C(=O)OCC36C2=O)C(O)CC1. The van der Waals surface area contributed by atoms with Crippen molar-refractivity contribution in [1.29, 1.82) is 0 Å². The maximum Gasteiger partial charge on any atom is 0.335 e. The van der Waals surface area contributed by atoms with E-state index in [1.807, 2.05) is 46.8 Å². The van der Waals surface area contributed by atoms with Gasteiger partial charge in [0, 0.05) is 29.4 Å². The predicted octanol–water partition coefficient (Wildman–Crippen LogP) is 1.26. The van der Waals surface area contributed by atoms with Gasteiger partial charge in [-0.05, 0) is 64.4 Å². The Morgan fingerprint density at radius 3 is 2.36 bits per heavy atom. The lowest BCUT2D eigenvalue weighted by Gasteiger charge is -2.67. The second kappa shape index (κ2) is 10.4. The second-order valence-corrected chi connectivity index (χ2v) is 18.9. The van der Waals surface area contributed by atoms with E-state index in [-0.39, 0.29) is 35.8 Å². The van der Waals surface area contributed by atoms with Gasteiger partial charge in [-0.1, -0.05) is 44.1 Å². The minimum absolute atomic E-state index is 0.00863. The van der Waals surface area contributed by atoms with Crippen molar-refractivity contribution in [2.45, 2.75) is 110 Å². The van der Waals surface area contributed by atoms with Crippen molar-refractivity contribution < 1.29 is 63.4 Å². The number of aliphatic hydroxyl groups is 4. The first-order chi connectivity index (χ1) is 26.2. The lowest BCUT2D eigenvalue weighted by Crippen LogP contribution is -2.84. The largest absolute Gasteiger partial charge is 0.504 e. The molecular formula is C42H47NO13. The number of hydrogen-bond donors (Lipinski definition) is 5. The highest BCUT2D eigenvalue weighted by molar-refractivity contribution is 6.32. The van der Waals surface area contributed by atoms with E-state index in [1.165, 1.54) is 13.8 Å². The molecule has 16 atom stereocenters. The van der Waals surface area contributed by atoms with Gasteiger partial charge in [0.15, 0.2) is 23.1 Å². The van der Waals surface area contributed by atoms with Crippen molar-refractivity contribution in [3.05, 3.63) is 45.8 Å². The summed E-state index contributed by atoms with van der Waals surface area (Å²) >= 11 is 0. The van der Waals surface area contributed by atoms with Crippen molar-refractivity contribution in [2.24, 2.45) is 57.2 Å². The maximum atomic E-state index is 16.5. The molecule has 5 heterocycles. The summed E-state index contributed by atoms with van der Waals surface area (Å²) in [6, 6.07) is -0.419. The number of nitrogens with one attached hydrogen (secondary N) is 1. The number of aliphatic hydroxyl groups excluding tert-OH is 2. The summed E-state index contributed by atoms with van der Waals surface area (Å²) < 4.78 is 18.9. The van der Waals surface area contributed by atoms with Crippen LogP contribution in [0, 0.1) is 57.2 Å². The van der Waals surface area contributed by atoms with Crippen molar-refractivity contribution in [1.82, 2.24) is 5.32 Å². The first-order valence-corrected chi connectivity index (χ1v) is 19.8. The van der Waals surface area contributed by atoms with Crippen molar-refractivity contribution >= 4 is 35.0 Å². The Balaban J connectivity index is 1.33. The average molecular weight is 774 g/mol. The summed E-state index contributed by atoms with van der Waals surface area (Å²) in [4.78, 5) is 90.0. The van der Waals surface area contributed by atoms with Gasteiger partial charge in [0.25, 0.3) is 5.78 Å². The zero-order valence-corrected chi connectivity index (χ0v) is 32.3. The van der Waals surface area contributed by atoms with Crippen LogP contribution in [-0.4, -0.2) is 104 Å². The first-order valence-electron chi connectivity index (χ1n) is 19.8. The molecular weight excluding hydrogens is 726 g/mol. The van der Waals surface area contributed by atoms with E-state index in [9.17, 15) is 34.8 Å². The number of cyclic esters (lactones) is 1. The normalized spacial score (nSPS) is 52.3. The molecule has 298 valence electrons. The molecule has 14 nitrogen and oxygen atoms in total. The van der Waals surface area contributed by atoms with Crippen molar-refractivity contribution in [3.8, 4) is 0 Å². The molecule has 5 N–H and O–H groups in total. The van der Waals surface area contributed by atoms with Crippen LogP contribution in [0.4, 0.5) is 0 Å². The molecule has 0 aromatic heterocycles. The van der Waals surface area contributed by atoms with Crippen LogP contribution in [0.25, 0.3) is 0 Å². The van der Waals surface area contributed by atoms with Gasteiger partial charge in [-0.15, -0.1) is 0 Å². The van der Waals surface area contributed by atoms with Crippen LogP contribution in [0.1, 0.15) is 67.7 Å². The third-order valence-electron chi connectivity index (χ3n) is 16.6. The Labute approximate surface area is 322 Å². The number of fused-ring (bicyclic) bond motifs is 3. The van der Waals surface area contributed by atoms with Crippen LogP contribution in [0.3, 0.4) is 0 Å². The van der Waals surface area contributed by atoms with E-state index < -0.39 is 140 Å². The number of ketones is 4. The van der Waals surface area contributed by atoms with Crippen molar-refractivity contribution in [2.75, 3.05) is 6.61 Å².